The zero-order valence-corrected chi connectivity index (χ0v) is 13.8. The lowest BCUT2D eigenvalue weighted by atomic mass is 10.1. The van der Waals surface area contributed by atoms with Crippen LogP contribution in [-0.4, -0.2) is 29.4 Å². The molecular weight excluding hydrogens is 338 g/mol. The fourth-order valence-electron chi connectivity index (χ4n) is 2.34. The third-order valence-electron chi connectivity index (χ3n) is 3.78. The zero-order chi connectivity index (χ0) is 18.5. The van der Waals surface area contributed by atoms with Gasteiger partial charge in [-0.05, 0) is 31.0 Å². The summed E-state index contributed by atoms with van der Waals surface area (Å²) >= 11 is 0. The molecule has 0 saturated heterocycles. The van der Waals surface area contributed by atoms with Crippen molar-refractivity contribution in [3.8, 4) is 5.75 Å². The van der Waals surface area contributed by atoms with Gasteiger partial charge in [0.2, 0.25) is 0 Å². The maximum absolute atomic E-state index is 12.2. The quantitative estimate of drug-likeness (QED) is 0.586. The van der Waals surface area contributed by atoms with E-state index in [1.165, 1.54) is 18.2 Å². The first-order valence-corrected chi connectivity index (χ1v) is 8.10. The highest BCUT2D eigenvalue weighted by atomic mass is 16.6. The molecule has 0 bridgehead atoms. The van der Waals surface area contributed by atoms with Crippen LogP contribution in [-0.2, 0) is 4.79 Å². The minimum atomic E-state index is -0.579. The molecule has 1 fully saturated rings. The first-order valence-electron chi connectivity index (χ1n) is 8.10. The molecule has 0 heterocycles. The minimum Gasteiger partial charge on any atom is -0.477 e. The van der Waals surface area contributed by atoms with Gasteiger partial charge >= 0.3 is 5.69 Å². The Kier molecular flexibility index (Phi) is 5.12. The number of nitrogens with one attached hydrogen (secondary N) is 2. The lowest BCUT2D eigenvalue weighted by molar-refractivity contribution is -0.385. The number of nitrogens with zero attached hydrogens (tertiary/aromatic N) is 1. The second-order valence-corrected chi connectivity index (χ2v) is 5.86. The van der Waals surface area contributed by atoms with Crippen LogP contribution in [0.2, 0.25) is 0 Å². The SMILES string of the molecule is O=C(COc1ccccc1[N+](=O)[O-])Nc1ccccc1C(=O)NC1CC1. The van der Waals surface area contributed by atoms with Crippen molar-refractivity contribution in [2.24, 2.45) is 0 Å². The number of carbonyl (C=O) groups excluding carboxylic acids is 2. The molecule has 0 radical (unpaired) electrons. The summed E-state index contributed by atoms with van der Waals surface area (Å²) < 4.78 is 5.25. The first-order chi connectivity index (χ1) is 12.5. The summed E-state index contributed by atoms with van der Waals surface area (Å²) in [5, 5.41) is 16.4. The molecule has 2 amide bonds. The topological polar surface area (TPSA) is 111 Å². The number of para-hydroxylation sites is 3. The number of amides is 2. The average molecular weight is 355 g/mol. The van der Waals surface area contributed by atoms with E-state index in [1.807, 2.05) is 0 Å². The number of ether oxygens (including phenoxy) is 1. The van der Waals surface area contributed by atoms with E-state index in [4.69, 9.17) is 4.74 Å². The van der Waals surface area contributed by atoms with Crippen LogP contribution in [0.5, 0.6) is 5.75 Å². The summed E-state index contributed by atoms with van der Waals surface area (Å²) in [5.74, 6) is -0.759. The fraction of sp³-hybridized carbons (Fsp3) is 0.222. The lowest BCUT2D eigenvalue weighted by Gasteiger charge is -2.11. The zero-order valence-electron chi connectivity index (χ0n) is 13.8. The van der Waals surface area contributed by atoms with Crippen LogP contribution in [0.3, 0.4) is 0 Å². The first kappa shape index (κ1) is 17.4. The van der Waals surface area contributed by atoms with Gasteiger partial charge in [-0.3, -0.25) is 19.7 Å². The number of hydrogen-bond donors (Lipinski definition) is 2. The van der Waals surface area contributed by atoms with Crippen molar-refractivity contribution in [3.05, 3.63) is 64.2 Å². The molecule has 2 aromatic rings. The highest BCUT2D eigenvalue weighted by Gasteiger charge is 2.25. The van der Waals surface area contributed by atoms with Crippen LogP contribution in [0.15, 0.2) is 48.5 Å². The van der Waals surface area contributed by atoms with Gasteiger partial charge in [0.25, 0.3) is 11.8 Å². The Bertz CT molecular complexity index is 848. The van der Waals surface area contributed by atoms with E-state index in [0.717, 1.165) is 12.8 Å². The highest BCUT2D eigenvalue weighted by Crippen LogP contribution is 2.26. The molecule has 8 nitrogen and oxygen atoms in total. The molecule has 8 heteroatoms. The van der Waals surface area contributed by atoms with E-state index < -0.39 is 17.4 Å². The number of carbonyl (C=O) groups is 2. The predicted molar refractivity (Wildman–Crippen MR) is 94.2 cm³/mol. The molecule has 0 spiro atoms. The molecule has 2 N–H and O–H groups in total. The van der Waals surface area contributed by atoms with Crippen LogP contribution >= 0.6 is 0 Å². The van der Waals surface area contributed by atoms with E-state index >= 15 is 0 Å². The molecule has 1 aliphatic carbocycles. The van der Waals surface area contributed by atoms with Gasteiger partial charge in [-0.2, -0.15) is 0 Å². The second-order valence-electron chi connectivity index (χ2n) is 5.86. The van der Waals surface area contributed by atoms with Crippen LogP contribution in [0.1, 0.15) is 23.2 Å². The molecule has 134 valence electrons. The van der Waals surface area contributed by atoms with Crippen molar-refractivity contribution < 1.29 is 19.2 Å². The van der Waals surface area contributed by atoms with Gasteiger partial charge in [-0.15, -0.1) is 0 Å². The monoisotopic (exact) mass is 355 g/mol. The number of hydrogen-bond acceptors (Lipinski definition) is 5. The van der Waals surface area contributed by atoms with Gasteiger partial charge in [-0.1, -0.05) is 24.3 Å². The molecule has 3 rings (SSSR count). The van der Waals surface area contributed by atoms with E-state index in [0.29, 0.717) is 11.3 Å². The summed E-state index contributed by atoms with van der Waals surface area (Å²) in [5.41, 5.74) is 0.504. The summed E-state index contributed by atoms with van der Waals surface area (Å²) in [6.07, 6.45) is 1.92. The normalized spacial score (nSPS) is 12.9. The molecule has 1 saturated carbocycles. The summed E-state index contributed by atoms with van der Waals surface area (Å²) in [6.45, 7) is -0.413. The van der Waals surface area contributed by atoms with Crippen molar-refractivity contribution in [2.45, 2.75) is 18.9 Å². The van der Waals surface area contributed by atoms with Crippen LogP contribution in [0.4, 0.5) is 11.4 Å². The number of nitro groups is 1. The molecule has 0 aromatic heterocycles. The summed E-state index contributed by atoms with van der Waals surface area (Å²) in [7, 11) is 0. The third kappa shape index (κ3) is 4.35. The summed E-state index contributed by atoms with van der Waals surface area (Å²) in [4.78, 5) is 34.7. The fourth-order valence-corrected chi connectivity index (χ4v) is 2.34. The Balaban J connectivity index is 1.64. The highest BCUT2D eigenvalue weighted by molar-refractivity contribution is 6.04. The van der Waals surface area contributed by atoms with Crippen molar-refractivity contribution >= 4 is 23.2 Å². The van der Waals surface area contributed by atoms with E-state index in [-0.39, 0.29) is 23.4 Å². The molecule has 0 atom stereocenters. The Morgan fingerprint density at radius 2 is 1.81 bits per heavy atom. The number of nitro benzene ring substituents is 1. The lowest BCUT2D eigenvalue weighted by Crippen LogP contribution is -2.28. The smallest absolute Gasteiger partial charge is 0.310 e. The standard InChI is InChI=1S/C18H17N3O5/c22-17(11-26-16-8-4-3-7-15(16)21(24)25)20-14-6-2-1-5-13(14)18(23)19-12-9-10-12/h1-8,12H,9-11H2,(H,19,23)(H,20,22). The molecule has 1 aliphatic rings. The number of benzene rings is 2. The average Bonchev–Trinajstić information content (AvgIpc) is 3.44. The predicted octanol–water partition coefficient (Wildman–Crippen LogP) is 2.50. The van der Waals surface area contributed by atoms with Crippen molar-refractivity contribution in [1.29, 1.82) is 0 Å². The summed E-state index contributed by atoms with van der Waals surface area (Å²) in [6, 6.07) is 12.7. The second kappa shape index (κ2) is 7.64. The van der Waals surface area contributed by atoms with Gasteiger partial charge in [0.1, 0.15) is 0 Å². The molecule has 2 aromatic carbocycles. The Labute approximate surface area is 149 Å². The number of anilines is 1. The van der Waals surface area contributed by atoms with E-state index in [2.05, 4.69) is 10.6 Å². The third-order valence-corrected chi connectivity index (χ3v) is 3.78. The Hall–Kier alpha value is -3.42. The molecule has 0 aliphatic heterocycles. The maximum atomic E-state index is 12.2. The van der Waals surface area contributed by atoms with Gasteiger partial charge in [0.05, 0.1) is 16.2 Å². The van der Waals surface area contributed by atoms with Gasteiger partial charge < -0.3 is 15.4 Å². The van der Waals surface area contributed by atoms with Crippen molar-refractivity contribution in [3.63, 3.8) is 0 Å². The molecule has 0 unspecified atom stereocenters. The van der Waals surface area contributed by atoms with Crippen LogP contribution < -0.4 is 15.4 Å². The Morgan fingerprint density at radius 1 is 1.12 bits per heavy atom. The van der Waals surface area contributed by atoms with Crippen molar-refractivity contribution in [2.75, 3.05) is 11.9 Å². The molecular formula is C18H17N3O5. The van der Waals surface area contributed by atoms with E-state index in [1.54, 1.807) is 30.3 Å². The van der Waals surface area contributed by atoms with Crippen LogP contribution in [0.25, 0.3) is 0 Å². The Morgan fingerprint density at radius 3 is 2.54 bits per heavy atom. The van der Waals surface area contributed by atoms with Crippen molar-refractivity contribution in [1.82, 2.24) is 5.32 Å². The molecule has 26 heavy (non-hydrogen) atoms. The maximum Gasteiger partial charge on any atom is 0.310 e. The minimum absolute atomic E-state index is 0.00686. The van der Waals surface area contributed by atoms with Gasteiger partial charge in [0.15, 0.2) is 12.4 Å². The number of rotatable bonds is 7. The van der Waals surface area contributed by atoms with Gasteiger partial charge in [0, 0.05) is 12.1 Å². The largest absolute Gasteiger partial charge is 0.477 e. The van der Waals surface area contributed by atoms with E-state index in [9.17, 15) is 19.7 Å². The van der Waals surface area contributed by atoms with Gasteiger partial charge in [-0.25, -0.2) is 0 Å². The van der Waals surface area contributed by atoms with Crippen LogP contribution in [0, 0.1) is 10.1 Å².